The second-order valence-electron chi connectivity index (χ2n) is 12.5. The van der Waals surface area contributed by atoms with Crippen LogP contribution in [0.4, 0.5) is 0 Å². The van der Waals surface area contributed by atoms with E-state index in [1.807, 2.05) is 0 Å². The molecule has 0 saturated carbocycles. The van der Waals surface area contributed by atoms with Gasteiger partial charge in [0, 0.05) is 19.3 Å². The summed E-state index contributed by atoms with van der Waals surface area (Å²) in [5.41, 5.74) is 0. The molecule has 0 aromatic carbocycles. The first-order chi connectivity index (χ1) is 21.0. The van der Waals surface area contributed by atoms with E-state index in [9.17, 15) is 14.4 Å². The molecule has 0 aliphatic heterocycles. The third kappa shape index (κ3) is 31.6. The van der Waals surface area contributed by atoms with Crippen LogP contribution in [0, 0.1) is 0 Å². The van der Waals surface area contributed by atoms with Gasteiger partial charge in [-0.05, 0) is 19.3 Å². The van der Waals surface area contributed by atoms with E-state index >= 15 is 0 Å². The highest BCUT2D eigenvalue weighted by Gasteiger charge is 2.19. The van der Waals surface area contributed by atoms with E-state index in [0.717, 1.165) is 57.8 Å². The predicted molar refractivity (Wildman–Crippen MR) is 178 cm³/mol. The molecule has 0 saturated heterocycles. The minimum Gasteiger partial charge on any atom is -0.462 e. The van der Waals surface area contributed by atoms with Crippen LogP contribution < -0.4 is 0 Å². The molecule has 0 aliphatic rings. The van der Waals surface area contributed by atoms with Gasteiger partial charge in [-0.3, -0.25) is 14.4 Å². The Kier molecular flexibility index (Phi) is 32.1. The molecule has 1 atom stereocenters. The lowest BCUT2D eigenvalue weighted by Gasteiger charge is -2.18. The second kappa shape index (κ2) is 33.3. The van der Waals surface area contributed by atoms with Gasteiger partial charge in [0.15, 0.2) is 6.10 Å². The maximum atomic E-state index is 12.5. The molecule has 0 aromatic rings. The molecular formula is C37H70O6. The van der Waals surface area contributed by atoms with Crippen LogP contribution in [-0.2, 0) is 28.6 Å². The number of hydrogen-bond acceptors (Lipinski definition) is 6. The van der Waals surface area contributed by atoms with Crippen LogP contribution in [0.2, 0.25) is 0 Å². The standard InChI is InChI=1S/C37H70O6/c1-4-7-10-13-16-18-20-21-24-27-30-36(39)42-33-34(32-41-35(38)29-26-23-15-12-9-6-3)43-37(40)31-28-25-22-19-17-14-11-8-5-2/h34H,4-33H2,1-3H3. The monoisotopic (exact) mass is 611 g/mol. The van der Waals surface area contributed by atoms with Gasteiger partial charge < -0.3 is 14.2 Å². The number of carbonyl (C=O) groups excluding carboxylic acids is 3. The van der Waals surface area contributed by atoms with Crippen molar-refractivity contribution < 1.29 is 28.6 Å². The zero-order valence-electron chi connectivity index (χ0n) is 28.7. The third-order valence-electron chi connectivity index (χ3n) is 8.11. The molecule has 0 fully saturated rings. The molecule has 0 rings (SSSR count). The highest BCUT2D eigenvalue weighted by Crippen LogP contribution is 2.14. The first-order valence-electron chi connectivity index (χ1n) is 18.5. The lowest BCUT2D eigenvalue weighted by atomic mass is 10.1. The average Bonchev–Trinajstić information content (AvgIpc) is 3.00. The topological polar surface area (TPSA) is 78.9 Å². The predicted octanol–water partition coefficient (Wildman–Crippen LogP) is 11.0. The summed E-state index contributed by atoms with van der Waals surface area (Å²) < 4.78 is 16.5. The van der Waals surface area contributed by atoms with Gasteiger partial charge in [-0.2, -0.15) is 0 Å². The van der Waals surface area contributed by atoms with E-state index in [4.69, 9.17) is 14.2 Å². The minimum absolute atomic E-state index is 0.0651. The molecular weight excluding hydrogens is 540 g/mol. The summed E-state index contributed by atoms with van der Waals surface area (Å²) in [4.78, 5) is 37.1. The fourth-order valence-corrected chi connectivity index (χ4v) is 5.26. The highest BCUT2D eigenvalue weighted by molar-refractivity contribution is 5.71. The van der Waals surface area contributed by atoms with Gasteiger partial charge in [0.1, 0.15) is 13.2 Å². The molecule has 0 aromatic heterocycles. The van der Waals surface area contributed by atoms with E-state index in [2.05, 4.69) is 20.8 Å². The Bertz CT molecular complexity index is 635. The smallest absolute Gasteiger partial charge is 0.306 e. The van der Waals surface area contributed by atoms with E-state index in [-0.39, 0.29) is 31.1 Å². The van der Waals surface area contributed by atoms with Crippen molar-refractivity contribution >= 4 is 17.9 Å². The van der Waals surface area contributed by atoms with Crippen LogP contribution in [0.15, 0.2) is 0 Å². The summed E-state index contributed by atoms with van der Waals surface area (Å²) in [6.45, 7) is 6.53. The van der Waals surface area contributed by atoms with Crippen molar-refractivity contribution in [2.45, 2.75) is 207 Å². The number of esters is 3. The Hall–Kier alpha value is -1.59. The largest absolute Gasteiger partial charge is 0.462 e. The maximum absolute atomic E-state index is 12.5. The molecule has 0 spiro atoms. The zero-order valence-corrected chi connectivity index (χ0v) is 28.7. The van der Waals surface area contributed by atoms with Crippen LogP contribution in [0.3, 0.4) is 0 Å². The summed E-state index contributed by atoms with van der Waals surface area (Å²) in [6.07, 6.45) is 29.6. The quantitative estimate of drug-likeness (QED) is 0.0418. The molecule has 0 radical (unpaired) electrons. The van der Waals surface area contributed by atoms with Crippen molar-refractivity contribution in [2.24, 2.45) is 0 Å². The summed E-state index contributed by atoms with van der Waals surface area (Å²) in [6, 6.07) is 0. The van der Waals surface area contributed by atoms with Gasteiger partial charge >= 0.3 is 17.9 Å². The zero-order chi connectivity index (χ0) is 31.6. The van der Waals surface area contributed by atoms with Crippen LogP contribution >= 0.6 is 0 Å². The first-order valence-corrected chi connectivity index (χ1v) is 18.5. The first kappa shape index (κ1) is 41.4. The third-order valence-corrected chi connectivity index (χ3v) is 8.11. The van der Waals surface area contributed by atoms with Crippen LogP contribution in [-0.4, -0.2) is 37.2 Å². The molecule has 6 nitrogen and oxygen atoms in total. The molecule has 0 heterocycles. The Morgan fingerprint density at radius 1 is 0.372 bits per heavy atom. The van der Waals surface area contributed by atoms with Crippen molar-refractivity contribution in [2.75, 3.05) is 13.2 Å². The van der Waals surface area contributed by atoms with Crippen LogP contribution in [0.5, 0.6) is 0 Å². The minimum atomic E-state index is -0.753. The highest BCUT2D eigenvalue weighted by atomic mass is 16.6. The van der Waals surface area contributed by atoms with Crippen molar-refractivity contribution in [1.82, 2.24) is 0 Å². The van der Waals surface area contributed by atoms with E-state index in [0.29, 0.717) is 19.3 Å². The lowest BCUT2D eigenvalue weighted by molar-refractivity contribution is -0.167. The molecule has 254 valence electrons. The van der Waals surface area contributed by atoms with Gasteiger partial charge in [-0.25, -0.2) is 0 Å². The molecule has 0 amide bonds. The number of hydrogen-bond donors (Lipinski definition) is 0. The van der Waals surface area contributed by atoms with Crippen LogP contribution in [0.25, 0.3) is 0 Å². The van der Waals surface area contributed by atoms with Gasteiger partial charge in [-0.15, -0.1) is 0 Å². The number of carbonyl (C=O) groups is 3. The van der Waals surface area contributed by atoms with Crippen molar-refractivity contribution in [3.63, 3.8) is 0 Å². The Labute approximate surface area is 266 Å². The van der Waals surface area contributed by atoms with Gasteiger partial charge in [0.05, 0.1) is 0 Å². The van der Waals surface area contributed by atoms with Crippen molar-refractivity contribution in [3.8, 4) is 0 Å². The average molecular weight is 611 g/mol. The van der Waals surface area contributed by atoms with Gasteiger partial charge in [0.25, 0.3) is 0 Å². The number of unbranched alkanes of at least 4 members (excludes halogenated alkanes) is 22. The Morgan fingerprint density at radius 2 is 0.628 bits per heavy atom. The molecule has 0 bridgehead atoms. The fourth-order valence-electron chi connectivity index (χ4n) is 5.26. The molecule has 0 aliphatic carbocycles. The molecule has 0 N–H and O–H groups in total. The van der Waals surface area contributed by atoms with Crippen molar-refractivity contribution in [1.29, 1.82) is 0 Å². The van der Waals surface area contributed by atoms with E-state index < -0.39 is 6.10 Å². The lowest BCUT2D eigenvalue weighted by Crippen LogP contribution is -2.30. The fraction of sp³-hybridized carbons (Fsp3) is 0.919. The van der Waals surface area contributed by atoms with Crippen LogP contribution in [0.1, 0.15) is 201 Å². The maximum Gasteiger partial charge on any atom is 0.306 e. The number of rotatable bonds is 33. The molecule has 6 heteroatoms. The normalized spacial score (nSPS) is 11.8. The summed E-state index contributed by atoms with van der Waals surface area (Å²) in [5, 5.41) is 0. The summed E-state index contributed by atoms with van der Waals surface area (Å²) in [7, 11) is 0. The van der Waals surface area contributed by atoms with E-state index in [1.54, 1.807) is 0 Å². The molecule has 43 heavy (non-hydrogen) atoms. The Morgan fingerprint density at radius 3 is 0.930 bits per heavy atom. The van der Waals surface area contributed by atoms with Gasteiger partial charge in [0.2, 0.25) is 0 Å². The summed E-state index contributed by atoms with van der Waals surface area (Å²) in [5.74, 6) is -0.879. The second-order valence-corrected chi connectivity index (χ2v) is 12.5. The van der Waals surface area contributed by atoms with Gasteiger partial charge in [-0.1, -0.05) is 162 Å². The Balaban J connectivity index is 4.32. The molecule has 1 unspecified atom stereocenters. The SMILES string of the molecule is CCCCCCCCCCCCC(=O)OCC(COC(=O)CCCCCCCC)OC(=O)CCCCCCCCCCC. The number of ether oxygens (including phenoxy) is 3. The summed E-state index contributed by atoms with van der Waals surface area (Å²) >= 11 is 0. The van der Waals surface area contributed by atoms with E-state index in [1.165, 1.54) is 103 Å². The van der Waals surface area contributed by atoms with Crippen molar-refractivity contribution in [3.05, 3.63) is 0 Å².